The summed E-state index contributed by atoms with van der Waals surface area (Å²) in [5, 5.41) is 18.2. The Labute approximate surface area is 342 Å². The van der Waals surface area contributed by atoms with Crippen molar-refractivity contribution in [1.29, 1.82) is 0 Å². The van der Waals surface area contributed by atoms with Crippen molar-refractivity contribution in [3.05, 3.63) is 0 Å². The largest absolute Gasteiger partial charge is 0.390 e. The fourth-order valence-electron chi connectivity index (χ4n) is 8.10. The Balaban J connectivity index is 4.69. The van der Waals surface area contributed by atoms with Gasteiger partial charge in [0.25, 0.3) is 0 Å². The third-order valence-corrected chi connectivity index (χ3v) is 11.7. The lowest BCUT2D eigenvalue weighted by Gasteiger charge is -2.28. The standard InChI is InChI=1S/C49H104N4O/c1-6-10-14-16-18-20-22-24-26-28-30-34-40-52(46-48(5)44-50-38-32-12-8-3)42-36-37-43-53(47-49(54)45-51-39-33-13-9-4)41-35-31-29-27-25-23-21-19-17-15-11-7-2/h48-51,54H,6-47H2,1-5H3. The molecule has 0 heterocycles. The number of nitrogens with one attached hydrogen (secondary N) is 2. The molecule has 5 nitrogen and oxygen atoms in total. The van der Waals surface area contributed by atoms with Crippen LogP contribution in [0.4, 0.5) is 0 Å². The van der Waals surface area contributed by atoms with Crippen LogP contribution in [0.1, 0.15) is 240 Å². The van der Waals surface area contributed by atoms with Crippen molar-refractivity contribution >= 4 is 0 Å². The van der Waals surface area contributed by atoms with Gasteiger partial charge >= 0.3 is 0 Å². The average Bonchev–Trinajstić information content (AvgIpc) is 3.16. The highest BCUT2D eigenvalue weighted by Gasteiger charge is 2.14. The monoisotopic (exact) mass is 765 g/mol. The van der Waals surface area contributed by atoms with Crippen LogP contribution in [0.3, 0.4) is 0 Å². The maximum atomic E-state index is 11.0. The summed E-state index contributed by atoms with van der Waals surface area (Å²) in [5.41, 5.74) is 0. The van der Waals surface area contributed by atoms with Crippen molar-refractivity contribution < 1.29 is 5.11 Å². The van der Waals surface area contributed by atoms with Gasteiger partial charge in [0.05, 0.1) is 6.10 Å². The van der Waals surface area contributed by atoms with Crippen molar-refractivity contribution in [3.63, 3.8) is 0 Å². The van der Waals surface area contributed by atoms with Crippen molar-refractivity contribution in [3.8, 4) is 0 Å². The number of nitrogens with zero attached hydrogens (tertiary/aromatic N) is 2. The van der Waals surface area contributed by atoms with Gasteiger partial charge in [-0.2, -0.15) is 0 Å². The number of hydrogen-bond acceptors (Lipinski definition) is 5. The van der Waals surface area contributed by atoms with E-state index in [4.69, 9.17) is 0 Å². The molecule has 3 N–H and O–H groups in total. The van der Waals surface area contributed by atoms with Crippen LogP contribution in [0.2, 0.25) is 0 Å². The van der Waals surface area contributed by atoms with Crippen LogP contribution in [-0.2, 0) is 0 Å². The van der Waals surface area contributed by atoms with Crippen LogP contribution in [-0.4, -0.2) is 86.5 Å². The third-order valence-electron chi connectivity index (χ3n) is 11.7. The summed E-state index contributed by atoms with van der Waals surface area (Å²) in [6, 6.07) is 0. The van der Waals surface area contributed by atoms with E-state index in [-0.39, 0.29) is 6.10 Å². The third kappa shape index (κ3) is 41.4. The minimum absolute atomic E-state index is 0.267. The average molecular weight is 765 g/mol. The molecular weight excluding hydrogens is 661 g/mol. The Morgan fingerprint density at radius 3 is 1.00 bits per heavy atom. The Morgan fingerprint density at radius 2 is 0.630 bits per heavy atom. The van der Waals surface area contributed by atoms with Crippen LogP contribution < -0.4 is 10.6 Å². The molecule has 0 aromatic carbocycles. The molecule has 0 saturated heterocycles. The second kappa shape index (κ2) is 45.5. The van der Waals surface area contributed by atoms with E-state index in [0.717, 1.165) is 39.3 Å². The van der Waals surface area contributed by atoms with Gasteiger partial charge in [0.15, 0.2) is 0 Å². The van der Waals surface area contributed by atoms with E-state index in [9.17, 15) is 5.11 Å². The summed E-state index contributed by atoms with van der Waals surface area (Å²) < 4.78 is 0. The minimum atomic E-state index is -0.267. The zero-order valence-electron chi connectivity index (χ0n) is 38.2. The molecule has 0 fully saturated rings. The molecular formula is C49H104N4O. The first kappa shape index (κ1) is 53.8. The molecule has 0 rings (SSSR count). The van der Waals surface area contributed by atoms with E-state index in [1.54, 1.807) is 0 Å². The van der Waals surface area contributed by atoms with Gasteiger partial charge in [0.1, 0.15) is 0 Å². The highest BCUT2D eigenvalue weighted by molar-refractivity contribution is 4.70. The summed E-state index contributed by atoms with van der Waals surface area (Å²) >= 11 is 0. The molecule has 0 aliphatic carbocycles. The fourth-order valence-corrected chi connectivity index (χ4v) is 8.10. The van der Waals surface area contributed by atoms with Crippen molar-refractivity contribution in [2.24, 2.45) is 5.92 Å². The molecule has 0 aliphatic heterocycles. The lowest BCUT2D eigenvalue weighted by molar-refractivity contribution is 0.108. The van der Waals surface area contributed by atoms with Gasteiger partial charge in [-0.25, -0.2) is 0 Å². The second-order valence-electron chi connectivity index (χ2n) is 17.7. The zero-order chi connectivity index (χ0) is 39.4. The number of aliphatic hydroxyl groups is 1. The molecule has 2 unspecified atom stereocenters. The first-order valence-electron chi connectivity index (χ1n) is 25.1. The SMILES string of the molecule is CCCCCCCCCCCCCCN(CCCCN(CCCCCCCCCCCCCC)CC(O)CNCCCCC)CC(C)CNCCCCC. The Kier molecular flexibility index (Phi) is 45.3. The van der Waals surface area contributed by atoms with Crippen LogP contribution in [0.5, 0.6) is 0 Å². The lowest BCUT2D eigenvalue weighted by atomic mass is 10.0. The number of aliphatic hydroxyl groups excluding tert-OH is 1. The number of rotatable bonds is 47. The highest BCUT2D eigenvalue weighted by atomic mass is 16.3. The first-order valence-corrected chi connectivity index (χ1v) is 25.1. The van der Waals surface area contributed by atoms with Crippen LogP contribution in [0, 0.1) is 5.92 Å². The maximum absolute atomic E-state index is 11.0. The van der Waals surface area contributed by atoms with Gasteiger partial charge in [-0.1, -0.05) is 202 Å². The van der Waals surface area contributed by atoms with Crippen molar-refractivity contribution in [2.45, 2.75) is 246 Å². The van der Waals surface area contributed by atoms with Gasteiger partial charge in [-0.05, 0) is 90.3 Å². The van der Waals surface area contributed by atoms with E-state index in [1.807, 2.05) is 0 Å². The quantitative estimate of drug-likeness (QED) is 0.0539. The second-order valence-corrected chi connectivity index (χ2v) is 17.7. The van der Waals surface area contributed by atoms with E-state index >= 15 is 0 Å². The molecule has 0 amide bonds. The fraction of sp³-hybridized carbons (Fsp3) is 1.00. The molecule has 0 radical (unpaired) electrons. The van der Waals surface area contributed by atoms with Crippen molar-refractivity contribution in [2.75, 3.05) is 65.4 Å². The minimum Gasteiger partial charge on any atom is -0.390 e. The topological polar surface area (TPSA) is 50.8 Å². The predicted octanol–water partition coefficient (Wildman–Crippen LogP) is 13.3. The van der Waals surface area contributed by atoms with Crippen LogP contribution in [0.25, 0.3) is 0 Å². The molecule has 0 bridgehead atoms. The molecule has 2 atom stereocenters. The Bertz CT molecular complexity index is 622. The van der Waals surface area contributed by atoms with Crippen LogP contribution >= 0.6 is 0 Å². The van der Waals surface area contributed by atoms with Gasteiger partial charge in [-0.15, -0.1) is 0 Å². The molecule has 0 saturated carbocycles. The molecule has 54 heavy (non-hydrogen) atoms. The first-order chi connectivity index (χ1) is 26.6. The maximum Gasteiger partial charge on any atom is 0.0791 e. The van der Waals surface area contributed by atoms with Gasteiger partial charge in [0.2, 0.25) is 0 Å². The van der Waals surface area contributed by atoms with Crippen molar-refractivity contribution in [1.82, 2.24) is 20.4 Å². The molecule has 0 aromatic heterocycles. The summed E-state index contributed by atoms with van der Waals surface area (Å²) in [7, 11) is 0. The van der Waals surface area contributed by atoms with E-state index in [0.29, 0.717) is 5.92 Å². The van der Waals surface area contributed by atoms with E-state index in [1.165, 1.54) is 232 Å². The number of unbranched alkanes of at least 4 members (excludes halogenated alkanes) is 27. The smallest absolute Gasteiger partial charge is 0.0791 e. The van der Waals surface area contributed by atoms with Gasteiger partial charge in [0, 0.05) is 19.6 Å². The predicted molar refractivity (Wildman–Crippen MR) is 244 cm³/mol. The number of hydrogen-bond donors (Lipinski definition) is 3. The van der Waals surface area contributed by atoms with E-state index < -0.39 is 0 Å². The molecule has 5 heteroatoms. The zero-order valence-corrected chi connectivity index (χ0v) is 38.2. The Hall–Kier alpha value is -0.200. The molecule has 0 aromatic rings. The normalized spacial score (nSPS) is 13.1. The van der Waals surface area contributed by atoms with E-state index in [2.05, 4.69) is 55.1 Å². The summed E-state index contributed by atoms with van der Waals surface area (Å²) in [6.07, 6.45) is 43.8. The van der Waals surface area contributed by atoms with Gasteiger partial charge in [-0.3, -0.25) is 0 Å². The Morgan fingerprint density at radius 1 is 0.352 bits per heavy atom. The lowest BCUT2D eigenvalue weighted by Crippen LogP contribution is -2.40. The summed E-state index contributed by atoms with van der Waals surface area (Å²) in [4.78, 5) is 5.41. The summed E-state index contributed by atoms with van der Waals surface area (Å²) in [6.45, 7) is 22.5. The van der Waals surface area contributed by atoms with Gasteiger partial charge < -0.3 is 25.5 Å². The highest BCUT2D eigenvalue weighted by Crippen LogP contribution is 2.15. The van der Waals surface area contributed by atoms with Crippen LogP contribution in [0.15, 0.2) is 0 Å². The molecule has 0 spiro atoms. The molecule has 326 valence electrons. The molecule has 0 aliphatic rings. The summed E-state index contributed by atoms with van der Waals surface area (Å²) in [5.74, 6) is 0.700.